The van der Waals surface area contributed by atoms with Crippen LogP contribution in [0.4, 0.5) is 10.2 Å². The summed E-state index contributed by atoms with van der Waals surface area (Å²) in [6, 6.07) is 20.9. The summed E-state index contributed by atoms with van der Waals surface area (Å²) in [5.41, 5.74) is 4.58. The lowest BCUT2D eigenvalue weighted by Crippen LogP contribution is -2.43. The van der Waals surface area contributed by atoms with E-state index in [1.165, 1.54) is 17.7 Å². The average molecular weight is 486 g/mol. The Labute approximate surface area is 211 Å². The molecule has 1 saturated heterocycles. The maximum Gasteiger partial charge on any atom is 0.223 e. The van der Waals surface area contributed by atoms with Crippen LogP contribution in [0.1, 0.15) is 37.4 Å². The molecule has 0 aliphatic carbocycles. The molecular formula is C29H32FN5O. The van der Waals surface area contributed by atoms with Gasteiger partial charge in [-0.2, -0.15) is 9.61 Å². The molecule has 3 heterocycles. The molecule has 36 heavy (non-hydrogen) atoms. The van der Waals surface area contributed by atoms with Crippen LogP contribution in [0.3, 0.4) is 0 Å². The largest absolute Gasteiger partial charge is 0.356 e. The van der Waals surface area contributed by atoms with Crippen LogP contribution >= 0.6 is 0 Å². The van der Waals surface area contributed by atoms with Gasteiger partial charge in [0.1, 0.15) is 11.6 Å². The molecule has 7 heteroatoms. The van der Waals surface area contributed by atoms with Crippen molar-refractivity contribution in [3.05, 3.63) is 83.8 Å². The number of fused-ring (bicyclic) bond motifs is 1. The highest BCUT2D eigenvalue weighted by Crippen LogP contribution is 2.27. The number of nitrogens with zero attached hydrogens (tertiary/aromatic N) is 4. The van der Waals surface area contributed by atoms with Gasteiger partial charge in [-0.3, -0.25) is 4.79 Å². The number of benzene rings is 2. The third-order valence-corrected chi connectivity index (χ3v) is 6.96. The Morgan fingerprint density at radius 2 is 1.81 bits per heavy atom. The van der Waals surface area contributed by atoms with Gasteiger partial charge in [-0.05, 0) is 69.4 Å². The number of anilines is 1. The normalized spacial score (nSPS) is 15.2. The maximum atomic E-state index is 13.4. The standard InChI is InChI=1S/C29H32FN5O/c1-20(8-9-22-6-4-3-5-7-22)32-29(36)24-14-16-34(17-15-24)28-18-21(2)31-27-19-26(33-35(27)28)23-10-12-25(30)13-11-23/h3-7,10-13,18-20,24H,8-9,14-17H2,1-2H3,(H,32,36)/t20-/m0/s1. The number of carbonyl (C=O) groups is 1. The third-order valence-electron chi connectivity index (χ3n) is 6.96. The molecule has 2 aromatic heterocycles. The number of carbonyl (C=O) groups excluding carboxylic acids is 1. The average Bonchev–Trinajstić information content (AvgIpc) is 3.32. The van der Waals surface area contributed by atoms with E-state index in [1.54, 1.807) is 12.1 Å². The van der Waals surface area contributed by atoms with Gasteiger partial charge in [-0.1, -0.05) is 30.3 Å². The van der Waals surface area contributed by atoms with E-state index in [9.17, 15) is 9.18 Å². The van der Waals surface area contributed by atoms with Crippen molar-refractivity contribution >= 4 is 17.4 Å². The first-order chi connectivity index (χ1) is 17.5. The van der Waals surface area contributed by atoms with E-state index in [-0.39, 0.29) is 23.7 Å². The Balaban J connectivity index is 1.22. The zero-order valence-corrected chi connectivity index (χ0v) is 20.8. The summed E-state index contributed by atoms with van der Waals surface area (Å²) in [4.78, 5) is 19.9. The molecule has 1 amide bonds. The second-order valence-electron chi connectivity index (χ2n) is 9.76. The van der Waals surface area contributed by atoms with Gasteiger partial charge in [-0.25, -0.2) is 9.37 Å². The lowest BCUT2D eigenvalue weighted by Gasteiger charge is -2.33. The van der Waals surface area contributed by atoms with Crippen molar-refractivity contribution in [1.82, 2.24) is 19.9 Å². The van der Waals surface area contributed by atoms with Gasteiger partial charge in [0.15, 0.2) is 5.65 Å². The molecule has 2 aromatic carbocycles. The zero-order valence-electron chi connectivity index (χ0n) is 20.8. The number of rotatable bonds is 7. The summed E-state index contributed by atoms with van der Waals surface area (Å²) in [6.45, 7) is 5.62. The predicted octanol–water partition coefficient (Wildman–Crippen LogP) is 5.20. The second kappa shape index (κ2) is 10.5. The fourth-order valence-corrected chi connectivity index (χ4v) is 4.90. The number of amides is 1. The van der Waals surface area contributed by atoms with Crippen molar-refractivity contribution in [2.24, 2.45) is 5.92 Å². The van der Waals surface area contributed by atoms with Gasteiger partial charge in [0.2, 0.25) is 5.91 Å². The Morgan fingerprint density at radius 1 is 1.08 bits per heavy atom. The third kappa shape index (κ3) is 5.40. The van der Waals surface area contributed by atoms with Gasteiger partial charge in [0, 0.05) is 48.4 Å². The molecular weight excluding hydrogens is 453 g/mol. The molecule has 1 fully saturated rings. The molecule has 0 bridgehead atoms. The van der Waals surface area contributed by atoms with E-state index in [0.29, 0.717) is 0 Å². The Morgan fingerprint density at radius 3 is 2.53 bits per heavy atom. The van der Waals surface area contributed by atoms with Crippen LogP contribution in [0.2, 0.25) is 0 Å². The summed E-state index contributed by atoms with van der Waals surface area (Å²) in [6.07, 6.45) is 3.48. The molecule has 0 unspecified atom stereocenters. The first-order valence-corrected chi connectivity index (χ1v) is 12.7. The first kappa shape index (κ1) is 24.0. The summed E-state index contributed by atoms with van der Waals surface area (Å²) in [5.74, 6) is 0.880. The molecule has 0 saturated carbocycles. The summed E-state index contributed by atoms with van der Waals surface area (Å²) in [7, 11) is 0. The minimum atomic E-state index is -0.269. The van der Waals surface area contributed by atoms with Crippen molar-refractivity contribution in [2.45, 2.75) is 45.6 Å². The molecule has 0 radical (unpaired) electrons. The summed E-state index contributed by atoms with van der Waals surface area (Å²) >= 11 is 0. The second-order valence-corrected chi connectivity index (χ2v) is 9.76. The van der Waals surface area contributed by atoms with E-state index >= 15 is 0 Å². The lowest BCUT2D eigenvalue weighted by atomic mass is 9.95. The number of hydrogen-bond acceptors (Lipinski definition) is 4. The Hall–Kier alpha value is -3.74. The molecule has 5 rings (SSSR count). The van der Waals surface area contributed by atoms with Crippen LogP contribution in [-0.2, 0) is 11.2 Å². The van der Waals surface area contributed by atoms with Crippen LogP contribution < -0.4 is 10.2 Å². The quantitative estimate of drug-likeness (QED) is 0.391. The number of nitrogens with one attached hydrogen (secondary N) is 1. The van der Waals surface area contributed by atoms with E-state index in [4.69, 9.17) is 5.10 Å². The fraction of sp³-hybridized carbons (Fsp3) is 0.345. The van der Waals surface area contributed by atoms with Crippen molar-refractivity contribution < 1.29 is 9.18 Å². The van der Waals surface area contributed by atoms with Crippen molar-refractivity contribution in [3.8, 4) is 11.3 Å². The highest BCUT2D eigenvalue weighted by atomic mass is 19.1. The smallest absolute Gasteiger partial charge is 0.223 e. The number of aromatic nitrogens is 3. The van der Waals surface area contributed by atoms with E-state index in [1.807, 2.05) is 29.6 Å². The highest BCUT2D eigenvalue weighted by Gasteiger charge is 2.27. The number of aryl methyl sites for hydroxylation is 2. The van der Waals surface area contributed by atoms with E-state index in [0.717, 1.165) is 67.2 Å². The lowest BCUT2D eigenvalue weighted by molar-refractivity contribution is -0.126. The molecule has 1 aliphatic rings. The zero-order chi connectivity index (χ0) is 25.1. The summed E-state index contributed by atoms with van der Waals surface area (Å²) in [5, 5.41) is 8.01. The molecule has 1 aliphatic heterocycles. The fourth-order valence-electron chi connectivity index (χ4n) is 4.90. The van der Waals surface area contributed by atoms with Gasteiger partial charge < -0.3 is 10.2 Å². The highest BCUT2D eigenvalue weighted by molar-refractivity contribution is 5.79. The molecule has 186 valence electrons. The van der Waals surface area contributed by atoms with Gasteiger partial charge in [-0.15, -0.1) is 0 Å². The van der Waals surface area contributed by atoms with Crippen LogP contribution in [0.5, 0.6) is 0 Å². The molecule has 1 N–H and O–H groups in total. The van der Waals surface area contributed by atoms with Crippen molar-refractivity contribution in [3.63, 3.8) is 0 Å². The van der Waals surface area contributed by atoms with E-state index in [2.05, 4.69) is 46.4 Å². The molecule has 1 atom stereocenters. The Kier molecular flexibility index (Phi) is 6.98. The van der Waals surface area contributed by atoms with Crippen molar-refractivity contribution in [1.29, 1.82) is 0 Å². The predicted molar refractivity (Wildman–Crippen MR) is 140 cm³/mol. The minimum absolute atomic E-state index is 0.0197. The number of halogens is 1. The SMILES string of the molecule is Cc1cc(N2CCC(C(=O)N[C@@H](C)CCc3ccccc3)CC2)n2nc(-c3ccc(F)cc3)cc2n1. The van der Waals surface area contributed by atoms with Gasteiger partial charge in [0.05, 0.1) is 5.69 Å². The first-order valence-electron chi connectivity index (χ1n) is 12.7. The van der Waals surface area contributed by atoms with Crippen LogP contribution in [0, 0.1) is 18.7 Å². The molecule has 4 aromatic rings. The van der Waals surface area contributed by atoms with Crippen LogP contribution in [-0.4, -0.2) is 39.6 Å². The minimum Gasteiger partial charge on any atom is -0.356 e. The van der Waals surface area contributed by atoms with Gasteiger partial charge in [0.25, 0.3) is 0 Å². The van der Waals surface area contributed by atoms with Crippen LogP contribution in [0.25, 0.3) is 16.9 Å². The molecule has 0 spiro atoms. The topological polar surface area (TPSA) is 62.5 Å². The number of piperidine rings is 1. The van der Waals surface area contributed by atoms with Crippen molar-refractivity contribution in [2.75, 3.05) is 18.0 Å². The monoisotopic (exact) mass is 485 g/mol. The van der Waals surface area contributed by atoms with Crippen LogP contribution in [0.15, 0.2) is 66.7 Å². The molecule has 6 nitrogen and oxygen atoms in total. The number of hydrogen-bond donors (Lipinski definition) is 1. The summed E-state index contributed by atoms with van der Waals surface area (Å²) < 4.78 is 15.2. The van der Waals surface area contributed by atoms with E-state index < -0.39 is 0 Å². The maximum absolute atomic E-state index is 13.4. The van der Waals surface area contributed by atoms with Gasteiger partial charge >= 0.3 is 0 Å². The Bertz CT molecular complexity index is 1330.